The molecule has 218 valence electrons. The van der Waals surface area contributed by atoms with Crippen molar-refractivity contribution in [1.82, 2.24) is 10.0 Å². The van der Waals surface area contributed by atoms with E-state index in [0.717, 1.165) is 13.1 Å². The predicted octanol–water partition coefficient (Wildman–Crippen LogP) is -3.93. The quantitative estimate of drug-likeness (QED) is 0.0895. The first-order valence-electron chi connectivity index (χ1n) is 12.5. The summed E-state index contributed by atoms with van der Waals surface area (Å²) >= 11 is 0. The second kappa shape index (κ2) is 15.6. The fraction of sp³-hybridized carbons (Fsp3) is 0.864. The molecule has 3 aliphatic heterocycles. The van der Waals surface area contributed by atoms with Gasteiger partial charge in [-0.15, -0.1) is 0 Å². The first-order chi connectivity index (χ1) is 18.3. The van der Waals surface area contributed by atoms with Gasteiger partial charge < -0.3 is 54.0 Å². The largest absolute Gasteiger partial charge is 0.457 e. The molecule has 5 N–H and O–H groups in total. The highest BCUT2D eigenvalue weighted by molar-refractivity contribution is 5.66. The van der Waals surface area contributed by atoms with Gasteiger partial charge in [0.15, 0.2) is 18.7 Å². The van der Waals surface area contributed by atoms with E-state index < -0.39 is 68.4 Å². The zero-order valence-electron chi connectivity index (χ0n) is 21.2. The molecular weight excluding hydrogens is 512 g/mol. The highest BCUT2D eigenvalue weighted by Crippen LogP contribution is 2.26. The fourth-order valence-corrected chi connectivity index (χ4v) is 3.96. The van der Waals surface area contributed by atoms with Crippen LogP contribution in [0.15, 0.2) is 10.2 Å². The van der Waals surface area contributed by atoms with E-state index in [-0.39, 0.29) is 0 Å². The van der Waals surface area contributed by atoms with Crippen LogP contribution in [0.4, 0.5) is 0 Å². The molecule has 3 heterocycles. The molecular formula is C22H38N4O12. The van der Waals surface area contributed by atoms with Gasteiger partial charge in [-0.1, -0.05) is 0 Å². The van der Waals surface area contributed by atoms with Gasteiger partial charge in [-0.3, -0.25) is 14.8 Å². The normalized spacial score (nSPS) is 31.5. The molecule has 0 aromatic rings. The van der Waals surface area contributed by atoms with Crippen LogP contribution in [0, 0.1) is 0 Å². The summed E-state index contributed by atoms with van der Waals surface area (Å²) in [5.74, 6) is -0.768. The molecule has 8 atom stereocenters. The first-order valence-corrected chi connectivity index (χ1v) is 12.5. The van der Waals surface area contributed by atoms with Crippen LogP contribution in [0.5, 0.6) is 0 Å². The molecule has 0 aromatic carbocycles. The number of carbonyl (C=O) groups is 1. The number of ether oxygens (including phenoxy) is 6. The van der Waals surface area contributed by atoms with E-state index in [1.165, 1.54) is 6.21 Å². The monoisotopic (exact) mass is 550 g/mol. The number of morpholine rings is 2. The number of esters is 1. The van der Waals surface area contributed by atoms with Crippen LogP contribution in [0.3, 0.4) is 0 Å². The van der Waals surface area contributed by atoms with Crippen LogP contribution in [0.25, 0.3) is 0 Å². The van der Waals surface area contributed by atoms with E-state index in [9.17, 15) is 30.3 Å². The minimum Gasteiger partial charge on any atom is -0.457 e. The van der Waals surface area contributed by atoms with E-state index in [1.54, 1.807) is 10.0 Å². The molecule has 3 fully saturated rings. The summed E-state index contributed by atoms with van der Waals surface area (Å²) in [5.41, 5.74) is 0. The minimum atomic E-state index is -1.66. The Hall–Kier alpha value is -1.99. The van der Waals surface area contributed by atoms with Gasteiger partial charge in [0.05, 0.1) is 78.2 Å². The molecule has 3 saturated heterocycles. The Labute approximate surface area is 219 Å². The van der Waals surface area contributed by atoms with Crippen molar-refractivity contribution in [1.29, 1.82) is 0 Å². The van der Waals surface area contributed by atoms with Crippen molar-refractivity contribution in [2.75, 3.05) is 65.8 Å². The third-order valence-corrected chi connectivity index (χ3v) is 5.99. The number of hydrogen-bond acceptors (Lipinski definition) is 16. The average molecular weight is 551 g/mol. The van der Waals surface area contributed by atoms with Crippen LogP contribution in [0.1, 0.15) is 6.92 Å². The van der Waals surface area contributed by atoms with Crippen LogP contribution in [-0.4, -0.2) is 169 Å². The standard InChI is InChI=1S/C22H38N4O12/c1-14(29)35-21-19(31)17(13-28)38-22(20(21)32)37-15(10-23-25-2-6-33-7-3-25)16(12-27)36-18(30)11-24-26-4-8-34-9-5-26/h10-11,15-22,27-28,30-32H,2-9,12-13H2,1H3/b23-10+,24-11-/t15-,16+,17-,18-,19+,20+,21+,22-/m0/s1. The number of rotatable bonds is 12. The zero-order valence-corrected chi connectivity index (χ0v) is 21.2. The van der Waals surface area contributed by atoms with Crippen LogP contribution >= 0.6 is 0 Å². The number of nitrogens with zero attached hydrogens (tertiary/aromatic N) is 4. The van der Waals surface area contributed by atoms with Crippen LogP contribution in [0.2, 0.25) is 0 Å². The lowest BCUT2D eigenvalue weighted by molar-refractivity contribution is -0.315. The smallest absolute Gasteiger partial charge is 0.303 e. The SMILES string of the molecule is CC(=O)O[C@H]1[C@@H](O)[C@@H](O[C@@H](/C=N/N2CCOCC2)[C@@H](CO)O[C@H](O)/C=N\N2CCOCC2)O[C@@H](CO)[C@H]1O. The lowest BCUT2D eigenvalue weighted by atomic mass is 9.99. The number of hydrazone groups is 2. The van der Waals surface area contributed by atoms with Gasteiger partial charge in [-0.05, 0) is 0 Å². The molecule has 0 spiro atoms. The molecule has 16 nitrogen and oxygen atoms in total. The maximum atomic E-state index is 11.5. The van der Waals surface area contributed by atoms with Crippen molar-refractivity contribution in [3.05, 3.63) is 0 Å². The van der Waals surface area contributed by atoms with Gasteiger partial charge in [0.1, 0.15) is 30.5 Å². The lowest BCUT2D eigenvalue weighted by Crippen LogP contribution is -2.61. The Kier molecular flexibility index (Phi) is 12.5. The lowest BCUT2D eigenvalue weighted by Gasteiger charge is -2.42. The number of carbonyl (C=O) groups excluding carboxylic acids is 1. The zero-order chi connectivity index (χ0) is 27.5. The third kappa shape index (κ3) is 9.04. The fourth-order valence-electron chi connectivity index (χ4n) is 3.96. The molecule has 0 saturated carbocycles. The van der Waals surface area contributed by atoms with Crippen molar-refractivity contribution in [2.45, 2.75) is 56.1 Å². The van der Waals surface area contributed by atoms with E-state index in [2.05, 4.69) is 10.2 Å². The van der Waals surface area contributed by atoms with Crippen molar-refractivity contribution in [3.63, 3.8) is 0 Å². The third-order valence-electron chi connectivity index (χ3n) is 5.99. The highest BCUT2D eigenvalue weighted by Gasteiger charge is 2.48. The Bertz CT molecular complexity index is 765. The summed E-state index contributed by atoms with van der Waals surface area (Å²) < 4.78 is 32.5. The molecule has 38 heavy (non-hydrogen) atoms. The second-order valence-electron chi connectivity index (χ2n) is 8.79. The van der Waals surface area contributed by atoms with Crippen molar-refractivity contribution >= 4 is 18.4 Å². The topological polar surface area (TPSA) is 205 Å². The Morgan fingerprint density at radius 3 is 2.11 bits per heavy atom. The summed E-state index contributed by atoms with van der Waals surface area (Å²) in [7, 11) is 0. The van der Waals surface area contributed by atoms with Crippen LogP contribution < -0.4 is 0 Å². The van der Waals surface area contributed by atoms with Gasteiger partial charge in [0.25, 0.3) is 0 Å². The van der Waals surface area contributed by atoms with Gasteiger partial charge in [0, 0.05) is 6.92 Å². The average Bonchev–Trinajstić information content (AvgIpc) is 2.93. The van der Waals surface area contributed by atoms with Gasteiger partial charge >= 0.3 is 5.97 Å². The molecule has 0 bridgehead atoms. The number of hydrogen-bond donors (Lipinski definition) is 5. The molecule has 0 aliphatic carbocycles. The first kappa shape index (κ1) is 30.6. The predicted molar refractivity (Wildman–Crippen MR) is 128 cm³/mol. The van der Waals surface area contributed by atoms with Crippen molar-refractivity contribution in [3.8, 4) is 0 Å². The maximum absolute atomic E-state index is 11.5. The minimum absolute atomic E-state index is 0.462. The van der Waals surface area contributed by atoms with Crippen molar-refractivity contribution < 1.29 is 58.7 Å². The summed E-state index contributed by atoms with van der Waals surface area (Å²) in [6, 6.07) is 0. The second-order valence-corrected chi connectivity index (χ2v) is 8.79. The maximum Gasteiger partial charge on any atom is 0.303 e. The van der Waals surface area contributed by atoms with E-state index in [4.69, 9.17) is 28.4 Å². The summed E-state index contributed by atoms with van der Waals surface area (Å²) in [6.07, 6.45) is -8.91. The van der Waals surface area contributed by atoms with E-state index in [0.29, 0.717) is 52.6 Å². The number of aliphatic hydroxyl groups is 5. The summed E-state index contributed by atoms with van der Waals surface area (Å²) in [5, 5.41) is 63.1. The molecule has 3 rings (SSSR count). The molecule has 3 aliphatic rings. The van der Waals surface area contributed by atoms with E-state index >= 15 is 0 Å². The molecule has 0 unspecified atom stereocenters. The molecule has 0 amide bonds. The Morgan fingerprint density at radius 2 is 1.58 bits per heavy atom. The number of aliphatic hydroxyl groups excluding tert-OH is 5. The van der Waals surface area contributed by atoms with E-state index in [1.807, 2.05) is 0 Å². The molecule has 0 aromatic heterocycles. The van der Waals surface area contributed by atoms with Gasteiger partial charge in [-0.2, -0.15) is 10.2 Å². The van der Waals surface area contributed by atoms with Gasteiger partial charge in [0.2, 0.25) is 0 Å². The Balaban J connectivity index is 1.75. The summed E-state index contributed by atoms with van der Waals surface area (Å²) in [4.78, 5) is 11.5. The van der Waals surface area contributed by atoms with Crippen molar-refractivity contribution in [2.24, 2.45) is 10.2 Å². The Morgan fingerprint density at radius 1 is 1.00 bits per heavy atom. The molecule has 16 heteroatoms. The molecule has 0 radical (unpaired) electrons. The highest BCUT2D eigenvalue weighted by atomic mass is 16.7. The van der Waals surface area contributed by atoms with Gasteiger partial charge in [-0.25, -0.2) is 0 Å². The summed E-state index contributed by atoms with van der Waals surface area (Å²) in [6.45, 7) is 3.83. The van der Waals surface area contributed by atoms with Crippen LogP contribution in [-0.2, 0) is 33.2 Å².